The molecule has 0 aromatic carbocycles. The molecule has 1 atom stereocenters. The zero-order valence-electron chi connectivity index (χ0n) is 12.7. The zero-order valence-corrected chi connectivity index (χ0v) is 13.6. The van der Waals surface area contributed by atoms with Crippen LogP contribution in [0.2, 0.25) is 0 Å². The van der Waals surface area contributed by atoms with Gasteiger partial charge in [-0.3, -0.25) is 4.90 Å². The molecule has 0 saturated carbocycles. The summed E-state index contributed by atoms with van der Waals surface area (Å²) in [4.78, 5) is 6.97. The van der Waals surface area contributed by atoms with Crippen LogP contribution in [-0.2, 0) is 6.54 Å². The molecule has 1 fully saturated rings. The van der Waals surface area contributed by atoms with E-state index in [1.165, 1.54) is 12.8 Å². The van der Waals surface area contributed by atoms with Crippen LogP contribution in [0, 0.1) is 6.92 Å². The molecular formula is C14H21N5OS. The maximum absolute atomic E-state index is 5.50. The largest absolute Gasteiger partial charge is 0.338 e. The number of aromatic nitrogens is 4. The van der Waals surface area contributed by atoms with Gasteiger partial charge in [0.25, 0.3) is 0 Å². The van der Waals surface area contributed by atoms with Crippen LogP contribution in [0.15, 0.2) is 4.52 Å². The Morgan fingerprint density at radius 1 is 1.33 bits per heavy atom. The van der Waals surface area contributed by atoms with Gasteiger partial charge in [-0.1, -0.05) is 25.4 Å². The maximum Gasteiger partial charge on any atom is 0.244 e. The molecule has 0 bridgehead atoms. The number of aryl methyl sites for hydroxylation is 1. The van der Waals surface area contributed by atoms with Gasteiger partial charge in [-0.05, 0) is 26.3 Å². The molecule has 1 aliphatic rings. The molecule has 0 radical (unpaired) electrons. The predicted octanol–water partition coefficient (Wildman–Crippen LogP) is 3.08. The van der Waals surface area contributed by atoms with Crippen molar-refractivity contribution < 1.29 is 4.52 Å². The molecule has 2 aromatic rings. The fraction of sp³-hybridized carbons (Fsp3) is 0.714. The Morgan fingerprint density at radius 3 is 2.86 bits per heavy atom. The smallest absolute Gasteiger partial charge is 0.244 e. The standard InChI is InChI=1S/C14H21N5OS/c1-9(2)13-15-14(20-18-13)11-6-4-5-7-19(11)8-12-17-16-10(3)21-12/h9,11H,4-8H2,1-3H3/t11-/m1/s1. The second kappa shape index (κ2) is 6.19. The van der Waals surface area contributed by atoms with Gasteiger partial charge in [0.2, 0.25) is 5.89 Å². The van der Waals surface area contributed by atoms with Crippen LogP contribution in [0.4, 0.5) is 0 Å². The second-order valence-electron chi connectivity index (χ2n) is 5.84. The highest BCUT2D eigenvalue weighted by molar-refractivity contribution is 7.11. The molecule has 3 rings (SSSR count). The Labute approximate surface area is 128 Å². The molecule has 7 heteroatoms. The van der Waals surface area contributed by atoms with Crippen molar-refractivity contribution in [2.75, 3.05) is 6.54 Å². The van der Waals surface area contributed by atoms with Crippen LogP contribution in [0.1, 0.15) is 66.8 Å². The molecule has 2 aromatic heterocycles. The Bertz CT molecular complexity index is 594. The molecular weight excluding hydrogens is 286 g/mol. The zero-order chi connectivity index (χ0) is 14.8. The summed E-state index contributed by atoms with van der Waals surface area (Å²) in [5, 5.41) is 14.5. The van der Waals surface area contributed by atoms with Gasteiger partial charge in [0.15, 0.2) is 5.82 Å². The summed E-state index contributed by atoms with van der Waals surface area (Å²) >= 11 is 1.66. The molecule has 114 valence electrons. The fourth-order valence-electron chi connectivity index (χ4n) is 2.65. The third-order valence-corrected chi connectivity index (χ3v) is 4.60. The fourth-order valence-corrected chi connectivity index (χ4v) is 3.39. The minimum absolute atomic E-state index is 0.211. The molecule has 6 nitrogen and oxygen atoms in total. The average Bonchev–Trinajstić information content (AvgIpc) is 3.09. The van der Waals surface area contributed by atoms with Crippen LogP contribution in [-0.4, -0.2) is 31.8 Å². The van der Waals surface area contributed by atoms with E-state index in [1.54, 1.807) is 11.3 Å². The normalized spacial score (nSPS) is 20.3. The van der Waals surface area contributed by atoms with E-state index < -0.39 is 0 Å². The number of hydrogen-bond acceptors (Lipinski definition) is 7. The first-order valence-electron chi connectivity index (χ1n) is 7.50. The van der Waals surface area contributed by atoms with Gasteiger partial charge in [0.1, 0.15) is 10.0 Å². The van der Waals surface area contributed by atoms with Gasteiger partial charge in [-0.15, -0.1) is 21.5 Å². The van der Waals surface area contributed by atoms with E-state index in [2.05, 4.69) is 39.1 Å². The lowest BCUT2D eigenvalue weighted by atomic mass is 10.0. The average molecular weight is 307 g/mol. The summed E-state index contributed by atoms with van der Waals surface area (Å²) in [7, 11) is 0. The highest BCUT2D eigenvalue weighted by atomic mass is 32.1. The van der Waals surface area contributed by atoms with E-state index in [-0.39, 0.29) is 6.04 Å². The lowest BCUT2D eigenvalue weighted by Crippen LogP contribution is -2.33. The minimum atomic E-state index is 0.211. The summed E-state index contributed by atoms with van der Waals surface area (Å²) < 4.78 is 5.50. The number of hydrogen-bond donors (Lipinski definition) is 0. The van der Waals surface area contributed by atoms with Crippen molar-refractivity contribution in [3.8, 4) is 0 Å². The first-order valence-corrected chi connectivity index (χ1v) is 8.31. The minimum Gasteiger partial charge on any atom is -0.338 e. The topological polar surface area (TPSA) is 67.9 Å². The van der Waals surface area contributed by atoms with Crippen molar-refractivity contribution in [3.05, 3.63) is 21.7 Å². The number of nitrogens with zero attached hydrogens (tertiary/aromatic N) is 5. The lowest BCUT2D eigenvalue weighted by molar-refractivity contribution is 0.111. The molecule has 0 amide bonds. The van der Waals surface area contributed by atoms with Crippen molar-refractivity contribution in [1.29, 1.82) is 0 Å². The van der Waals surface area contributed by atoms with E-state index in [0.717, 1.165) is 41.2 Å². The van der Waals surface area contributed by atoms with Gasteiger partial charge < -0.3 is 4.52 Å². The Kier molecular flexibility index (Phi) is 4.30. The SMILES string of the molecule is Cc1nnc(CN2CCCC[C@@H]2c2nc(C(C)C)no2)s1. The number of piperidine rings is 1. The molecule has 0 N–H and O–H groups in total. The summed E-state index contributed by atoms with van der Waals surface area (Å²) in [6.07, 6.45) is 3.48. The summed E-state index contributed by atoms with van der Waals surface area (Å²) in [6.45, 7) is 8.01. The van der Waals surface area contributed by atoms with Gasteiger partial charge >= 0.3 is 0 Å². The number of likely N-dealkylation sites (tertiary alicyclic amines) is 1. The lowest BCUT2D eigenvalue weighted by Gasteiger charge is -2.32. The maximum atomic E-state index is 5.50. The quantitative estimate of drug-likeness (QED) is 0.864. The molecule has 0 spiro atoms. The number of rotatable bonds is 4. The van der Waals surface area contributed by atoms with Crippen LogP contribution in [0.3, 0.4) is 0 Å². The van der Waals surface area contributed by atoms with E-state index >= 15 is 0 Å². The Morgan fingerprint density at radius 2 is 2.19 bits per heavy atom. The van der Waals surface area contributed by atoms with E-state index in [0.29, 0.717) is 5.92 Å². The molecule has 1 aliphatic heterocycles. The van der Waals surface area contributed by atoms with E-state index in [9.17, 15) is 0 Å². The monoisotopic (exact) mass is 307 g/mol. The van der Waals surface area contributed by atoms with Crippen molar-refractivity contribution in [2.45, 2.75) is 58.5 Å². The van der Waals surface area contributed by atoms with Crippen LogP contribution in [0.25, 0.3) is 0 Å². The first-order chi connectivity index (χ1) is 10.1. The van der Waals surface area contributed by atoms with Crippen molar-refractivity contribution in [2.24, 2.45) is 0 Å². The molecule has 3 heterocycles. The summed E-state index contributed by atoms with van der Waals surface area (Å²) in [6, 6.07) is 0.211. The van der Waals surface area contributed by atoms with Crippen molar-refractivity contribution >= 4 is 11.3 Å². The first kappa shape index (κ1) is 14.6. The van der Waals surface area contributed by atoms with E-state index in [1.807, 2.05) is 6.92 Å². The summed E-state index contributed by atoms with van der Waals surface area (Å²) in [5.41, 5.74) is 0. The third-order valence-electron chi connectivity index (χ3n) is 3.78. The van der Waals surface area contributed by atoms with Crippen molar-refractivity contribution in [1.82, 2.24) is 25.2 Å². The summed E-state index contributed by atoms with van der Waals surface area (Å²) in [5.74, 6) is 1.84. The van der Waals surface area contributed by atoms with Crippen LogP contribution >= 0.6 is 11.3 Å². The van der Waals surface area contributed by atoms with Gasteiger partial charge in [-0.25, -0.2) is 0 Å². The molecule has 1 saturated heterocycles. The van der Waals surface area contributed by atoms with Crippen LogP contribution in [0.5, 0.6) is 0 Å². The predicted molar refractivity (Wildman–Crippen MR) is 80.0 cm³/mol. The third kappa shape index (κ3) is 3.29. The Balaban J connectivity index is 1.77. The molecule has 21 heavy (non-hydrogen) atoms. The molecule has 0 unspecified atom stereocenters. The van der Waals surface area contributed by atoms with Gasteiger partial charge in [-0.2, -0.15) is 4.98 Å². The van der Waals surface area contributed by atoms with Gasteiger partial charge in [0, 0.05) is 5.92 Å². The van der Waals surface area contributed by atoms with E-state index in [4.69, 9.17) is 4.52 Å². The molecule has 0 aliphatic carbocycles. The highest BCUT2D eigenvalue weighted by Crippen LogP contribution is 2.32. The van der Waals surface area contributed by atoms with Crippen molar-refractivity contribution in [3.63, 3.8) is 0 Å². The van der Waals surface area contributed by atoms with Crippen LogP contribution < -0.4 is 0 Å². The highest BCUT2D eigenvalue weighted by Gasteiger charge is 2.29. The second-order valence-corrected chi connectivity index (χ2v) is 7.11. The Hall–Kier alpha value is -1.34. The van der Waals surface area contributed by atoms with Gasteiger partial charge in [0.05, 0.1) is 12.6 Å².